The van der Waals surface area contributed by atoms with Gasteiger partial charge in [-0.05, 0) is 83.5 Å². The van der Waals surface area contributed by atoms with Gasteiger partial charge in [0, 0.05) is 62.6 Å². The highest BCUT2D eigenvalue weighted by atomic mass is 127. The van der Waals surface area contributed by atoms with Crippen molar-refractivity contribution < 1.29 is 23.0 Å². The predicted octanol–water partition coefficient (Wildman–Crippen LogP) is 8.64. The molecule has 0 aliphatic carbocycles. The molecule has 0 aliphatic rings. The summed E-state index contributed by atoms with van der Waals surface area (Å²) in [6, 6.07) is 17.5. The Labute approximate surface area is 260 Å². The Kier molecular flexibility index (Phi) is 9.51. The van der Waals surface area contributed by atoms with Crippen molar-refractivity contribution in [3.8, 4) is 29.0 Å². The molecule has 2 aromatic heterocycles. The minimum Gasteiger partial charge on any atom is -0.466 e. The Bertz CT molecular complexity index is 1840. The van der Waals surface area contributed by atoms with E-state index in [0.29, 0.717) is 28.7 Å². The number of hydrogen-bond acceptors (Lipinski definition) is 5. The van der Waals surface area contributed by atoms with Gasteiger partial charge in [-0.1, -0.05) is 18.6 Å². The molecule has 10 heteroatoms. The Morgan fingerprint density at radius 3 is 2.79 bits per heavy atom. The molecule has 218 valence electrons. The molecule has 1 atom stereocenters. The lowest BCUT2D eigenvalue weighted by Crippen LogP contribution is -2.03. The topological polar surface area (TPSA) is 104 Å². The lowest BCUT2D eigenvalue weighted by molar-refractivity contribution is -0.134. The van der Waals surface area contributed by atoms with Crippen LogP contribution in [0.15, 0.2) is 73.1 Å². The minimum atomic E-state index is -0.664. The van der Waals surface area contributed by atoms with Crippen molar-refractivity contribution >= 4 is 45.5 Å². The first kappa shape index (κ1) is 30.0. The van der Waals surface area contributed by atoms with Crippen LogP contribution in [0.2, 0.25) is 0 Å². The third kappa shape index (κ3) is 6.94. The number of aromatic nitrogens is 3. The second-order valence-corrected chi connectivity index (χ2v) is 11.1. The van der Waals surface area contributed by atoms with E-state index in [4.69, 9.17) is 10.00 Å². The summed E-state index contributed by atoms with van der Waals surface area (Å²) >= 11 is 2.27. The van der Waals surface area contributed by atoms with Gasteiger partial charge in [0.15, 0.2) is 11.6 Å². The Morgan fingerprint density at radius 1 is 1.14 bits per heavy atom. The largest absolute Gasteiger partial charge is 0.466 e. The van der Waals surface area contributed by atoms with Crippen LogP contribution >= 0.6 is 22.6 Å². The maximum absolute atomic E-state index is 15.3. The molecule has 0 amide bonds. The first-order chi connectivity index (χ1) is 20.9. The van der Waals surface area contributed by atoms with Crippen LogP contribution in [0.3, 0.4) is 0 Å². The highest BCUT2D eigenvalue weighted by Gasteiger charge is 2.20. The number of aromatic amines is 2. The van der Waals surface area contributed by atoms with Gasteiger partial charge in [-0.15, -0.1) is 0 Å². The molecule has 5 aromatic rings. The van der Waals surface area contributed by atoms with Crippen LogP contribution in [0.25, 0.3) is 28.4 Å². The van der Waals surface area contributed by atoms with Crippen molar-refractivity contribution in [2.75, 3.05) is 7.11 Å². The summed E-state index contributed by atoms with van der Waals surface area (Å²) in [4.78, 5) is 22.5. The highest BCUT2D eigenvalue weighted by molar-refractivity contribution is 14.1. The van der Waals surface area contributed by atoms with Gasteiger partial charge in [-0.25, -0.2) is 18.6 Å². The lowest BCUT2D eigenvalue weighted by atomic mass is 9.91. The van der Waals surface area contributed by atoms with Crippen LogP contribution in [0, 0.1) is 26.5 Å². The number of carbonyl (C=O) groups is 1. The lowest BCUT2D eigenvalue weighted by Gasteiger charge is -2.16. The van der Waals surface area contributed by atoms with Crippen molar-refractivity contribution in [2.24, 2.45) is 0 Å². The summed E-state index contributed by atoms with van der Waals surface area (Å²) in [5, 5.41) is 9.57. The fourth-order valence-corrected chi connectivity index (χ4v) is 5.53. The van der Waals surface area contributed by atoms with E-state index in [-0.39, 0.29) is 23.0 Å². The number of fused-ring (bicyclic) bond motifs is 1. The van der Waals surface area contributed by atoms with Gasteiger partial charge in [-0.2, -0.15) is 5.26 Å². The number of nitrogens with one attached hydrogen (secondary N) is 2. The normalized spacial score (nSPS) is 12.0. The number of ether oxygens (including phenoxy) is 2. The fraction of sp³-hybridized carbons (Fsp3) is 0.182. The van der Waals surface area contributed by atoms with Gasteiger partial charge in [-0.3, -0.25) is 0 Å². The summed E-state index contributed by atoms with van der Waals surface area (Å²) in [5.74, 6) is -1.46. The molecular weight excluding hydrogens is 665 g/mol. The van der Waals surface area contributed by atoms with E-state index >= 15 is 8.78 Å². The van der Waals surface area contributed by atoms with Gasteiger partial charge in [0.25, 0.3) is 0 Å². The van der Waals surface area contributed by atoms with E-state index in [1.165, 1.54) is 43.5 Å². The third-order valence-electron chi connectivity index (χ3n) is 7.06. The van der Waals surface area contributed by atoms with E-state index in [9.17, 15) is 4.79 Å². The molecule has 0 radical (unpaired) electrons. The minimum absolute atomic E-state index is 0.0246. The Hall–Kier alpha value is -4.50. The van der Waals surface area contributed by atoms with Crippen LogP contribution in [-0.4, -0.2) is 28.0 Å². The van der Waals surface area contributed by atoms with Crippen LogP contribution in [0.5, 0.6) is 11.5 Å². The van der Waals surface area contributed by atoms with Gasteiger partial charge >= 0.3 is 5.97 Å². The van der Waals surface area contributed by atoms with Crippen LogP contribution in [-0.2, 0) is 9.53 Å². The number of hydrogen-bond donors (Lipinski definition) is 2. The van der Waals surface area contributed by atoms with Gasteiger partial charge in [0.05, 0.1) is 18.7 Å². The second-order valence-electron chi connectivity index (χ2n) is 9.84. The summed E-state index contributed by atoms with van der Waals surface area (Å²) in [7, 11) is 1.25. The van der Waals surface area contributed by atoms with Crippen molar-refractivity contribution in [1.29, 1.82) is 5.26 Å². The van der Waals surface area contributed by atoms with E-state index in [1.807, 2.05) is 12.1 Å². The zero-order valence-corrected chi connectivity index (χ0v) is 25.3. The van der Waals surface area contributed by atoms with Crippen molar-refractivity contribution in [3.05, 3.63) is 105 Å². The SMILES string of the molecule is COC(=O)/C=C/c1c(Oc2ccc(F)c(-c3ncc(C(CCCCC#N)c4cccc(I)c4)[nH]3)c2)c(F)cc2[nH]ccc12. The number of carbonyl (C=O) groups excluding carboxylic acids is 1. The van der Waals surface area contributed by atoms with E-state index in [0.717, 1.165) is 34.1 Å². The summed E-state index contributed by atoms with van der Waals surface area (Å²) in [6.07, 6.45) is 8.87. The number of imidazole rings is 1. The predicted molar refractivity (Wildman–Crippen MR) is 168 cm³/mol. The number of methoxy groups -OCH3 is 1. The summed E-state index contributed by atoms with van der Waals surface area (Å²) in [5.41, 5.74) is 2.92. The maximum Gasteiger partial charge on any atom is 0.330 e. The molecule has 5 rings (SSSR count). The van der Waals surface area contributed by atoms with E-state index < -0.39 is 17.6 Å². The first-order valence-electron chi connectivity index (χ1n) is 13.6. The van der Waals surface area contributed by atoms with E-state index in [2.05, 4.69) is 60.5 Å². The number of H-pyrrole nitrogens is 2. The average molecular weight is 693 g/mol. The van der Waals surface area contributed by atoms with Crippen molar-refractivity contribution in [1.82, 2.24) is 15.0 Å². The highest BCUT2D eigenvalue weighted by Crippen LogP contribution is 2.37. The number of benzene rings is 3. The van der Waals surface area contributed by atoms with Crippen LogP contribution in [0.1, 0.15) is 48.4 Å². The number of halogens is 3. The van der Waals surface area contributed by atoms with Crippen molar-refractivity contribution in [2.45, 2.75) is 31.6 Å². The zero-order valence-electron chi connectivity index (χ0n) is 23.2. The molecule has 0 saturated heterocycles. The summed E-state index contributed by atoms with van der Waals surface area (Å²) < 4.78 is 42.2. The average Bonchev–Trinajstić information content (AvgIpc) is 3.68. The molecule has 2 N–H and O–H groups in total. The number of unbranched alkanes of at least 4 members (excludes halogenated alkanes) is 2. The van der Waals surface area contributed by atoms with Gasteiger partial charge in [0.2, 0.25) is 0 Å². The fourth-order valence-electron chi connectivity index (χ4n) is 4.96. The number of nitrogens with zero attached hydrogens (tertiary/aromatic N) is 2. The monoisotopic (exact) mass is 692 g/mol. The molecule has 0 fully saturated rings. The van der Waals surface area contributed by atoms with Crippen LogP contribution < -0.4 is 4.74 Å². The standard InChI is InChI=1S/C33H27F2IN4O3/c1-42-31(41)12-10-25-24-13-15-38-29(24)18-28(35)32(25)43-22-9-11-27(34)26(17-22)33-39-19-30(40-33)23(8-3-2-4-14-37)20-6-5-7-21(36)16-20/h5-7,9-13,15-19,23,38H,2-4,8H2,1H3,(H,39,40)/b12-10+. The molecule has 0 aliphatic heterocycles. The third-order valence-corrected chi connectivity index (χ3v) is 7.73. The molecular formula is C33H27F2IN4O3. The molecule has 7 nitrogen and oxygen atoms in total. The first-order valence-corrected chi connectivity index (χ1v) is 14.7. The molecule has 0 saturated carbocycles. The van der Waals surface area contributed by atoms with Crippen LogP contribution in [0.4, 0.5) is 8.78 Å². The smallest absolute Gasteiger partial charge is 0.330 e. The molecule has 1 unspecified atom stereocenters. The molecule has 3 aromatic carbocycles. The molecule has 2 heterocycles. The number of nitriles is 1. The summed E-state index contributed by atoms with van der Waals surface area (Å²) in [6.45, 7) is 0. The van der Waals surface area contributed by atoms with Crippen molar-refractivity contribution in [3.63, 3.8) is 0 Å². The number of rotatable bonds is 11. The Morgan fingerprint density at radius 2 is 2.00 bits per heavy atom. The quantitative estimate of drug-likeness (QED) is 0.0625. The molecule has 43 heavy (non-hydrogen) atoms. The van der Waals surface area contributed by atoms with E-state index in [1.54, 1.807) is 18.5 Å². The zero-order chi connectivity index (χ0) is 30.3. The molecule has 0 spiro atoms. The Balaban J connectivity index is 1.48. The maximum atomic E-state index is 15.3. The van der Waals surface area contributed by atoms with Gasteiger partial charge < -0.3 is 19.4 Å². The second kappa shape index (κ2) is 13.6. The van der Waals surface area contributed by atoms with Gasteiger partial charge in [0.1, 0.15) is 17.4 Å². The number of esters is 1. The molecule has 0 bridgehead atoms.